The van der Waals surface area contributed by atoms with E-state index in [1.165, 1.54) is 17.0 Å². The molecule has 0 spiro atoms. The summed E-state index contributed by atoms with van der Waals surface area (Å²) in [5.74, 6) is -0.872. The van der Waals surface area contributed by atoms with E-state index in [0.29, 0.717) is 27.8 Å². The fraction of sp³-hybridized carbons (Fsp3) is 0. The van der Waals surface area contributed by atoms with Gasteiger partial charge >= 0.3 is 7.12 Å². The Morgan fingerprint density at radius 1 is 0.457 bits per heavy atom. The number of carbonyl (C=O) groups excluding carboxylic acids is 2. The number of anilines is 1. The lowest BCUT2D eigenvalue weighted by Gasteiger charge is -2.15. The first-order valence-electron chi connectivity index (χ1n) is 15.0. The molecule has 0 radical (unpaired) electrons. The van der Waals surface area contributed by atoms with Crippen LogP contribution in [0.3, 0.4) is 0 Å². The van der Waals surface area contributed by atoms with E-state index in [0.717, 1.165) is 44.0 Å². The number of para-hydroxylation sites is 4. The smallest absolute Gasteiger partial charge is 0.423 e. The Morgan fingerprint density at radius 3 is 1.30 bits per heavy atom. The van der Waals surface area contributed by atoms with Crippen molar-refractivity contribution in [2.75, 3.05) is 4.90 Å². The summed E-state index contributed by atoms with van der Waals surface area (Å²) >= 11 is 0. The van der Waals surface area contributed by atoms with Gasteiger partial charge in [0.15, 0.2) is 0 Å². The van der Waals surface area contributed by atoms with Crippen LogP contribution in [0.5, 0.6) is 0 Å². The van der Waals surface area contributed by atoms with Gasteiger partial charge in [0, 0.05) is 32.9 Å². The number of imide groups is 1. The highest BCUT2D eigenvalue weighted by Gasteiger charge is 2.43. The van der Waals surface area contributed by atoms with E-state index in [1.54, 1.807) is 12.1 Å². The molecule has 0 bridgehead atoms. The number of hydrogen-bond donors (Lipinski definition) is 2. The molecule has 2 aromatic heterocycles. The van der Waals surface area contributed by atoms with Crippen molar-refractivity contribution < 1.29 is 19.6 Å². The molecule has 2 amide bonds. The third kappa shape index (κ3) is 3.51. The second-order valence-corrected chi connectivity index (χ2v) is 11.5. The van der Waals surface area contributed by atoms with Crippen LogP contribution >= 0.6 is 0 Å². The summed E-state index contributed by atoms with van der Waals surface area (Å²) in [5, 5.41) is 23.1. The molecule has 2 N–H and O–H groups in total. The first kappa shape index (κ1) is 26.4. The molecule has 0 atom stereocenters. The van der Waals surface area contributed by atoms with Crippen molar-refractivity contribution in [2.24, 2.45) is 0 Å². The van der Waals surface area contributed by atoms with E-state index in [4.69, 9.17) is 0 Å². The van der Waals surface area contributed by atoms with E-state index < -0.39 is 18.9 Å². The fourth-order valence-corrected chi connectivity index (χ4v) is 7.15. The lowest BCUT2D eigenvalue weighted by Crippen LogP contribution is -2.32. The van der Waals surface area contributed by atoms with Crippen molar-refractivity contribution in [3.8, 4) is 11.4 Å². The summed E-state index contributed by atoms with van der Waals surface area (Å²) in [6.07, 6.45) is 0. The molecular weight excluding hydrogens is 573 g/mol. The van der Waals surface area contributed by atoms with Gasteiger partial charge in [0.1, 0.15) is 0 Å². The summed E-state index contributed by atoms with van der Waals surface area (Å²) in [4.78, 5) is 30.8. The van der Waals surface area contributed by atoms with Crippen molar-refractivity contribution in [3.63, 3.8) is 0 Å². The molecule has 1 aliphatic rings. The van der Waals surface area contributed by atoms with Gasteiger partial charge in [0.05, 0.1) is 38.9 Å². The number of rotatable bonds is 4. The topological polar surface area (TPSA) is 87.7 Å². The molecule has 8 heteroatoms. The van der Waals surface area contributed by atoms with E-state index in [1.807, 2.05) is 84.9 Å². The lowest BCUT2D eigenvalue weighted by atomic mass is 9.80. The SMILES string of the molecule is O=C1c2c(c3c(c4ccccc4n3-c3ccccc3)c3c4ccccc4n(-c4ccccc4)c23)C(=O)N1c1ccc(B(O)O)cc1. The van der Waals surface area contributed by atoms with Crippen LogP contribution < -0.4 is 10.4 Å². The molecule has 6 aromatic carbocycles. The van der Waals surface area contributed by atoms with E-state index in [2.05, 4.69) is 33.4 Å². The van der Waals surface area contributed by atoms with Gasteiger partial charge in [0.2, 0.25) is 0 Å². The summed E-state index contributed by atoms with van der Waals surface area (Å²) in [7, 11) is -1.67. The van der Waals surface area contributed by atoms with Crippen LogP contribution in [0.1, 0.15) is 20.7 Å². The Labute approximate surface area is 262 Å². The number of fused-ring (bicyclic) bond motifs is 10. The summed E-state index contributed by atoms with van der Waals surface area (Å²) < 4.78 is 4.19. The molecule has 0 saturated heterocycles. The normalized spacial score (nSPS) is 13.0. The van der Waals surface area contributed by atoms with Gasteiger partial charge in [-0.2, -0.15) is 0 Å². The van der Waals surface area contributed by atoms with Gasteiger partial charge in [-0.25, -0.2) is 4.90 Å². The molecule has 1 aliphatic heterocycles. The molecule has 3 heterocycles. The third-order valence-corrected chi connectivity index (χ3v) is 9.04. The van der Waals surface area contributed by atoms with E-state index >= 15 is 0 Å². The second kappa shape index (κ2) is 9.77. The maximum absolute atomic E-state index is 14.8. The number of carbonyl (C=O) groups is 2. The number of benzene rings is 6. The van der Waals surface area contributed by atoms with Gasteiger partial charge in [-0.3, -0.25) is 9.59 Å². The minimum absolute atomic E-state index is 0.263. The average molecular weight is 597 g/mol. The molecular formula is C38H24BN3O4. The zero-order chi connectivity index (χ0) is 31.1. The highest BCUT2D eigenvalue weighted by Crippen LogP contribution is 2.48. The Morgan fingerprint density at radius 2 is 0.870 bits per heavy atom. The number of amides is 2. The fourth-order valence-electron chi connectivity index (χ4n) is 7.15. The van der Waals surface area contributed by atoms with Crippen molar-refractivity contribution in [1.82, 2.24) is 9.13 Å². The van der Waals surface area contributed by atoms with Crippen LogP contribution in [0.4, 0.5) is 5.69 Å². The molecule has 9 rings (SSSR count). The molecule has 0 aliphatic carbocycles. The maximum atomic E-state index is 14.8. The van der Waals surface area contributed by atoms with Crippen LogP contribution in [0.15, 0.2) is 133 Å². The predicted octanol–water partition coefficient (Wildman–Crippen LogP) is 6.36. The molecule has 0 saturated carbocycles. The van der Waals surface area contributed by atoms with Crippen molar-refractivity contribution >= 4 is 73.7 Å². The summed E-state index contributed by atoms with van der Waals surface area (Å²) in [5.41, 5.74) is 6.23. The Bertz CT molecular complexity index is 2380. The maximum Gasteiger partial charge on any atom is 0.488 e. The van der Waals surface area contributed by atoms with Gasteiger partial charge in [0.25, 0.3) is 11.8 Å². The van der Waals surface area contributed by atoms with Gasteiger partial charge < -0.3 is 19.2 Å². The first-order valence-corrected chi connectivity index (χ1v) is 15.0. The standard InChI is InChI=1S/C38H24BN3O4/c43-37-33-34(38(44)42(37)26-21-19-23(20-22-26)39(45)46)36-32(28-16-8-10-18-30(28)41(36)25-13-5-2-6-14-25)31-27-15-7-9-17-29(27)40(35(31)33)24-11-3-1-4-12-24/h1-22,45-46H. The zero-order valence-corrected chi connectivity index (χ0v) is 24.3. The van der Waals surface area contributed by atoms with Crippen LogP contribution in [-0.4, -0.2) is 38.1 Å². The lowest BCUT2D eigenvalue weighted by molar-refractivity contribution is 0.0927. The van der Waals surface area contributed by atoms with Gasteiger partial charge in [-0.05, 0) is 54.0 Å². The largest absolute Gasteiger partial charge is 0.488 e. The van der Waals surface area contributed by atoms with E-state index in [-0.39, 0.29) is 5.46 Å². The summed E-state index contributed by atoms with van der Waals surface area (Å²) in [6.45, 7) is 0. The quantitative estimate of drug-likeness (QED) is 0.183. The van der Waals surface area contributed by atoms with Crippen LogP contribution in [0, 0.1) is 0 Å². The second-order valence-electron chi connectivity index (χ2n) is 11.5. The zero-order valence-electron chi connectivity index (χ0n) is 24.3. The Balaban J connectivity index is 1.52. The van der Waals surface area contributed by atoms with Crippen molar-refractivity contribution in [3.05, 3.63) is 145 Å². The minimum atomic E-state index is -1.67. The monoisotopic (exact) mass is 597 g/mol. The average Bonchev–Trinajstić information content (AvgIpc) is 3.70. The molecule has 218 valence electrons. The highest BCUT2D eigenvalue weighted by molar-refractivity contribution is 6.58. The van der Waals surface area contributed by atoms with Crippen LogP contribution in [0.2, 0.25) is 0 Å². The third-order valence-electron chi connectivity index (χ3n) is 9.04. The van der Waals surface area contributed by atoms with Crippen LogP contribution in [0.25, 0.3) is 55.0 Å². The van der Waals surface area contributed by atoms with E-state index in [9.17, 15) is 19.6 Å². The molecule has 0 unspecified atom stereocenters. The van der Waals surface area contributed by atoms with Crippen LogP contribution in [-0.2, 0) is 0 Å². The predicted molar refractivity (Wildman–Crippen MR) is 183 cm³/mol. The van der Waals surface area contributed by atoms with Gasteiger partial charge in [-0.15, -0.1) is 0 Å². The Hall–Kier alpha value is -5.96. The van der Waals surface area contributed by atoms with Crippen molar-refractivity contribution in [1.29, 1.82) is 0 Å². The number of aromatic nitrogens is 2. The summed E-state index contributed by atoms with van der Waals surface area (Å²) in [6, 6.07) is 42.2. The Kier molecular flexibility index (Phi) is 5.62. The molecule has 7 nitrogen and oxygen atoms in total. The molecule has 8 aromatic rings. The van der Waals surface area contributed by atoms with Crippen molar-refractivity contribution in [2.45, 2.75) is 0 Å². The number of nitrogens with zero attached hydrogens (tertiary/aromatic N) is 3. The molecule has 0 fully saturated rings. The van der Waals surface area contributed by atoms with Gasteiger partial charge in [-0.1, -0.05) is 84.9 Å². The highest BCUT2D eigenvalue weighted by atomic mass is 16.4. The molecule has 46 heavy (non-hydrogen) atoms. The number of hydrogen-bond acceptors (Lipinski definition) is 4. The minimum Gasteiger partial charge on any atom is -0.423 e. The first-order chi connectivity index (χ1) is 22.5.